The highest BCUT2D eigenvalue weighted by Crippen LogP contribution is 2.28. The molecule has 2 aromatic rings. The van der Waals surface area contributed by atoms with Crippen LogP contribution < -0.4 is 15.2 Å². The van der Waals surface area contributed by atoms with Crippen LogP contribution in [0.1, 0.15) is 0 Å². The molecule has 1 aromatic heterocycles. The Kier molecular flexibility index (Phi) is 3.31. The molecule has 0 unspecified atom stereocenters. The molecular weight excluding hydrogens is 258 g/mol. The molecule has 2 heterocycles. The zero-order chi connectivity index (χ0) is 14.1. The van der Waals surface area contributed by atoms with Crippen LogP contribution in [0.3, 0.4) is 0 Å². The van der Waals surface area contributed by atoms with Crippen molar-refractivity contribution in [2.24, 2.45) is 7.05 Å². The van der Waals surface area contributed by atoms with Crippen molar-refractivity contribution in [3.05, 3.63) is 28.8 Å². The Balaban J connectivity index is 2.17. The van der Waals surface area contributed by atoms with Crippen LogP contribution in [0.15, 0.2) is 23.3 Å². The van der Waals surface area contributed by atoms with Gasteiger partial charge < -0.3 is 18.9 Å². The number of aryl methyl sites for hydroxylation is 1. The van der Waals surface area contributed by atoms with Crippen molar-refractivity contribution in [2.75, 3.05) is 38.3 Å². The fourth-order valence-electron chi connectivity index (χ4n) is 2.45. The summed E-state index contributed by atoms with van der Waals surface area (Å²) in [6.45, 7) is 3.09. The highest BCUT2D eigenvalue weighted by Gasteiger charge is 2.16. The molecule has 0 spiro atoms. The molecule has 1 aliphatic heterocycles. The Bertz CT molecular complexity index is 690. The number of aromatic nitrogens is 2. The SMILES string of the molecule is COc1cc(N2CCOCC2)cc2ncn(C)c(=O)c12. The number of morpholine rings is 1. The van der Waals surface area contributed by atoms with Crippen LogP contribution in [-0.4, -0.2) is 43.0 Å². The third kappa shape index (κ3) is 2.12. The number of anilines is 1. The van der Waals surface area contributed by atoms with Crippen LogP contribution in [0, 0.1) is 0 Å². The summed E-state index contributed by atoms with van der Waals surface area (Å²) in [5.41, 5.74) is 1.58. The van der Waals surface area contributed by atoms with Crippen molar-refractivity contribution in [3.8, 4) is 5.75 Å². The average molecular weight is 275 g/mol. The van der Waals surface area contributed by atoms with E-state index in [-0.39, 0.29) is 5.56 Å². The molecule has 3 rings (SSSR count). The monoisotopic (exact) mass is 275 g/mol. The molecule has 0 N–H and O–H groups in total. The fraction of sp³-hybridized carbons (Fsp3) is 0.429. The number of nitrogens with zero attached hydrogens (tertiary/aromatic N) is 3. The minimum absolute atomic E-state index is 0.0969. The maximum absolute atomic E-state index is 12.2. The van der Waals surface area contributed by atoms with Crippen LogP contribution in [0.4, 0.5) is 5.69 Å². The van der Waals surface area contributed by atoms with Crippen LogP contribution in [0.5, 0.6) is 5.75 Å². The van der Waals surface area contributed by atoms with Gasteiger partial charge in [-0.05, 0) is 6.07 Å². The van der Waals surface area contributed by atoms with E-state index in [4.69, 9.17) is 9.47 Å². The summed E-state index contributed by atoms with van der Waals surface area (Å²) >= 11 is 0. The number of fused-ring (bicyclic) bond motifs is 1. The lowest BCUT2D eigenvalue weighted by molar-refractivity contribution is 0.122. The van der Waals surface area contributed by atoms with Gasteiger partial charge in [0.05, 0.1) is 32.2 Å². The third-order valence-corrected chi connectivity index (χ3v) is 3.57. The second-order valence-electron chi connectivity index (χ2n) is 4.80. The van der Waals surface area contributed by atoms with Gasteiger partial charge in [-0.1, -0.05) is 0 Å². The number of rotatable bonds is 2. The molecule has 0 aliphatic carbocycles. The van der Waals surface area contributed by atoms with E-state index in [1.54, 1.807) is 14.2 Å². The summed E-state index contributed by atoms with van der Waals surface area (Å²) in [7, 11) is 3.26. The van der Waals surface area contributed by atoms with E-state index in [0.717, 1.165) is 18.8 Å². The molecule has 20 heavy (non-hydrogen) atoms. The van der Waals surface area contributed by atoms with Gasteiger partial charge >= 0.3 is 0 Å². The summed E-state index contributed by atoms with van der Waals surface area (Å²) < 4.78 is 12.2. The predicted molar refractivity (Wildman–Crippen MR) is 76.6 cm³/mol. The summed E-state index contributed by atoms with van der Waals surface area (Å²) in [4.78, 5) is 18.7. The van der Waals surface area contributed by atoms with Crippen LogP contribution in [0.2, 0.25) is 0 Å². The van der Waals surface area contributed by atoms with E-state index in [1.165, 1.54) is 10.9 Å². The molecule has 1 aliphatic rings. The summed E-state index contributed by atoms with van der Waals surface area (Å²) in [6, 6.07) is 3.83. The van der Waals surface area contributed by atoms with Crippen LogP contribution >= 0.6 is 0 Å². The highest BCUT2D eigenvalue weighted by molar-refractivity contribution is 5.88. The number of hydrogen-bond acceptors (Lipinski definition) is 5. The fourth-order valence-corrected chi connectivity index (χ4v) is 2.45. The number of methoxy groups -OCH3 is 1. The van der Waals surface area contributed by atoms with Crippen molar-refractivity contribution >= 4 is 16.6 Å². The Morgan fingerprint density at radius 3 is 2.75 bits per heavy atom. The first kappa shape index (κ1) is 12.9. The Labute approximate surface area is 116 Å². The van der Waals surface area contributed by atoms with Gasteiger partial charge in [0.15, 0.2) is 0 Å². The molecule has 6 nitrogen and oxygen atoms in total. The quantitative estimate of drug-likeness (QED) is 0.810. The number of benzene rings is 1. The largest absolute Gasteiger partial charge is 0.496 e. The molecule has 1 saturated heterocycles. The first-order valence-corrected chi connectivity index (χ1v) is 6.57. The molecular formula is C14H17N3O3. The molecule has 0 saturated carbocycles. The highest BCUT2D eigenvalue weighted by atomic mass is 16.5. The standard InChI is InChI=1S/C14H17N3O3/c1-16-9-15-11-7-10(17-3-5-20-6-4-17)8-12(19-2)13(11)14(16)18/h7-9H,3-6H2,1-2H3. The predicted octanol–water partition coefficient (Wildman–Crippen LogP) is 0.779. The number of hydrogen-bond donors (Lipinski definition) is 0. The number of ether oxygens (including phenoxy) is 2. The van der Waals surface area contributed by atoms with E-state index >= 15 is 0 Å². The van der Waals surface area contributed by atoms with E-state index in [9.17, 15) is 4.79 Å². The summed E-state index contributed by atoms with van der Waals surface area (Å²) in [5, 5.41) is 0.523. The Hall–Kier alpha value is -2.08. The molecule has 0 radical (unpaired) electrons. The zero-order valence-corrected chi connectivity index (χ0v) is 11.6. The zero-order valence-electron chi connectivity index (χ0n) is 11.6. The minimum Gasteiger partial charge on any atom is -0.496 e. The molecule has 106 valence electrons. The average Bonchev–Trinajstić information content (AvgIpc) is 2.50. The van der Waals surface area contributed by atoms with Crippen molar-refractivity contribution in [1.29, 1.82) is 0 Å². The maximum atomic E-state index is 12.2. The molecule has 1 aromatic carbocycles. The second kappa shape index (κ2) is 5.13. The second-order valence-corrected chi connectivity index (χ2v) is 4.80. The first-order valence-electron chi connectivity index (χ1n) is 6.57. The van der Waals surface area contributed by atoms with Gasteiger partial charge in [0.25, 0.3) is 5.56 Å². The van der Waals surface area contributed by atoms with Crippen molar-refractivity contribution in [1.82, 2.24) is 9.55 Å². The van der Waals surface area contributed by atoms with E-state index in [1.807, 2.05) is 12.1 Å². The van der Waals surface area contributed by atoms with Gasteiger partial charge in [-0.2, -0.15) is 0 Å². The third-order valence-electron chi connectivity index (χ3n) is 3.57. The molecule has 1 fully saturated rings. The van der Waals surface area contributed by atoms with Crippen molar-refractivity contribution in [3.63, 3.8) is 0 Å². The lowest BCUT2D eigenvalue weighted by Crippen LogP contribution is -2.36. The van der Waals surface area contributed by atoms with Gasteiger partial charge in [-0.15, -0.1) is 0 Å². The molecule has 0 bridgehead atoms. The van der Waals surface area contributed by atoms with Crippen molar-refractivity contribution < 1.29 is 9.47 Å². The molecule has 0 amide bonds. The van der Waals surface area contributed by atoms with E-state index < -0.39 is 0 Å². The first-order chi connectivity index (χ1) is 9.70. The van der Waals surface area contributed by atoms with E-state index in [0.29, 0.717) is 29.9 Å². The van der Waals surface area contributed by atoms with Crippen LogP contribution in [-0.2, 0) is 11.8 Å². The van der Waals surface area contributed by atoms with E-state index in [2.05, 4.69) is 9.88 Å². The van der Waals surface area contributed by atoms with Gasteiger partial charge in [0.2, 0.25) is 0 Å². The maximum Gasteiger partial charge on any atom is 0.264 e. The van der Waals surface area contributed by atoms with Crippen molar-refractivity contribution in [2.45, 2.75) is 0 Å². The Morgan fingerprint density at radius 2 is 2.05 bits per heavy atom. The van der Waals surface area contributed by atoms with Gasteiger partial charge in [0.1, 0.15) is 11.1 Å². The smallest absolute Gasteiger partial charge is 0.264 e. The normalized spacial score (nSPS) is 15.6. The van der Waals surface area contributed by atoms with Gasteiger partial charge in [0, 0.05) is 31.9 Å². The molecule has 0 atom stereocenters. The lowest BCUT2D eigenvalue weighted by atomic mass is 10.1. The van der Waals surface area contributed by atoms with Gasteiger partial charge in [-0.3, -0.25) is 4.79 Å². The van der Waals surface area contributed by atoms with Crippen LogP contribution in [0.25, 0.3) is 10.9 Å². The summed E-state index contributed by atoms with van der Waals surface area (Å²) in [5.74, 6) is 0.567. The molecule has 6 heteroatoms. The Morgan fingerprint density at radius 1 is 1.30 bits per heavy atom. The lowest BCUT2D eigenvalue weighted by Gasteiger charge is -2.29. The topological polar surface area (TPSA) is 56.6 Å². The van der Waals surface area contributed by atoms with Gasteiger partial charge in [-0.25, -0.2) is 4.98 Å². The minimum atomic E-state index is -0.0969. The summed E-state index contributed by atoms with van der Waals surface area (Å²) in [6.07, 6.45) is 1.53.